The molecule has 6 nitrogen and oxygen atoms in total. The molecule has 33 heavy (non-hydrogen) atoms. The van der Waals surface area contributed by atoms with E-state index in [0.29, 0.717) is 11.3 Å². The Morgan fingerprint density at radius 1 is 0.818 bits per heavy atom. The Morgan fingerprint density at radius 3 is 2.03 bits per heavy atom. The third-order valence-electron chi connectivity index (χ3n) is 5.30. The number of hydrogen-bond acceptors (Lipinski definition) is 5. The van der Waals surface area contributed by atoms with E-state index in [9.17, 15) is 4.79 Å². The van der Waals surface area contributed by atoms with Crippen molar-refractivity contribution in [1.29, 1.82) is 0 Å². The number of methoxy groups -OCH3 is 1. The van der Waals surface area contributed by atoms with E-state index in [1.165, 1.54) is 5.56 Å². The second-order valence-electron chi connectivity index (χ2n) is 7.72. The van der Waals surface area contributed by atoms with Gasteiger partial charge in [0.25, 0.3) is 5.91 Å². The molecule has 1 unspecified atom stereocenters. The average Bonchev–Trinajstić information content (AvgIpc) is 2.85. The first-order chi connectivity index (χ1) is 16.0. The van der Waals surface area contributed by atoms with E-state index in [-0.39, 0.29) is 18.0 Å². The number of carbonyl (C=O) groups is 1. The first kappa shape index (κ1) is 22.0. The molecule has 0 aliphatic heterocycles. The van der Waals surface area contributed by atoms with E-state index in [4.69, 9.17) is 9.47 Å². The van der Waals surface area contributed by atoms with E-state index in [0.717, 1.165) is 22.4 Å². The Kier molecular flexibility index (Phi) is 6.64. The van der Waals surface area contributed by atoms with Crippen LogP contribution in [0.25, 0.3) is 11.1 Å². The van der Waals surface area contributed by atoms with Gasteiger partial charge in [-0.25, -0.2) is 9.97 Å². The van der Waals surface area contributed by atoms with Crippen LogP contribution in [0.2, 0.25) is 0 Å². The number of benzene rings is 3. The van der Waals surface area contributed by atoms with Crippen LogP contribution in [0.4, 0.5) is 0 Å². The minimum Gasteiger partial charge on any atom is -0.497 e. The quantitative estimate of drug-likeness (QED) is 0.397. The maximum Gasteiger partial charge on any atom is 0.321 e. The molecule has 0 bridgehead atoms. The Balaban J connectivity index is 1.38. The van der Waals surface area contributed by atoms with Gasteiger partial charge >= 0.3 is 6.01 Å². The lowest BCUT2D eigenvalue weighted by atomic mass is 10.0. The highest BCUT2D eigenvalue weighted by atomic mass is 16.5. The van der Waals surface area contributed by atoms with Gasteiger partial charge in [0, 0.05) is 23.5 Å². The van der Waals surface area contributed by atoms with Gasteiger partial charge in [0.05, 0.1) is 13.2 Å². The zero-order valence-corrected chi connectivity index (χ0v) is 18.8. The number of rotatable bonds is 7. The highest BCUT2D eigenvalue weighted by Gasteiger charge is 2.12. The fraction of sp³-hybridized carbons (Fsp3) is 0.148. The Morgan fingerprint density at radius 2 is 1.42 bits per heavy atom. The van der Waals surface area contributed by atoms with Crippen LogP contribution in [0.3, 0.4) is 0 Å². The van der Waals surface area contributed by atoms with Crippen LogP contribution < -0.4 is 14.8 Å². The number of aryl methyl sites for hydroxylation is 1. The third-order valence-corrected chi connectivity index (χ3v) is 5.30. The monoisotopic (exact) mass is 439 g/mol. The molecule has 0 aliphatic rings. The summed E-state index contributed by atoms with van der Waals surface area (Å²) < 4.78 is 10.8. The maximum absolute atomic E-state index is 12.6. The van der Waals surface area contributed by atoms with Crippen molar-refractivity contribution < 1.29 is 14.3 Å². The largest absolute Gasteiger partial charge is 0.497 e. The molecule has 4 aromatic rings. The van der Waals surface area contributed by atoms with Crippen LogP contribution >= 0.6 is 0 Å². The molecule has 0 fully saturated rings. The summed E-state index contributed by atoms with van der Waals surface area (Å²) in [7, 11) is 1.61. The first-order valence-electron chi connectivity index (χ1n) is 10.6. The molecule has 3 aromatic carbocycles. The molecular weight excluding hydrogens is 414 g/mol. The molecular formula is C27H25N3O3. The Labute approximate surface area is 193 Å². The third kappa shape index (κ3) is 5.54. The normalized spacial score (nSPS) is 11.5. The van der Waals surface area contributed by atoms with Gasteiger partial charge in [-0.3, -0.25) is 4.79 Å². The number of carbonyl (C=O) groups excluding carboxylic acids is 1. The summed E-state index contributed by atoms with van der Waals surface area (Å²) in [6.07, 6.45) is 3.39. The van der Waals surface area contributed by atoms with Crippen molar-refractivity contribution in [2.45, 2.75) is 19.9 Å². The topological polar surface area (TPSA) is 73.3 Å². The predicted molar refractivity (Wildman–Crippen MR) is 128 cm³/mol. The number of aromatic nitrogens is 2. The summed E-state index contributed by atoms with van der Waals surface area (Å²) in [5, 5.41) is 3.04. The summed E-state index contributed by atoms with van der Waals surface area (Å²) in [6, 6.07) is 22.9. The molecule has 1 atom stereocenters. The van der Waals surface area contributed by atoms with Crippen LogP contribution in [-0.4, -0.2) is 23.0 Å². The highest BCUT2D eigenvalue weighted by molar-refractivity contribution is 5.94. The Bertz CT molecular complexity index is 1200. The van der Waals surface area contributed by atoms with Crippen LogP contribution in [0.1, 0.15) is 34.5 Å². The number of ether oxygens (including phenoxy) is 2. The molecule has 4 rings (SSSR count). The lowest BCUT2D eigenvalue weighted by Crippen LogP contribution is -2.26. The number of amides is 1. The second kappa shape index (κ2) is 9.96. The van der Waals surface area contributed by atoms with Crippen molar-refractivity contribution in [1.82, 2.24) is 15.3 Å². The lowest BCUT2D eigenvalue weighted by Gasteiger charge is -2.15. The van der Waals surface area contributed by atoms with Crippen molar-refractivity contribution in [2.24, 2.45) is 0 Å². The van der Waals surface area contributed by atoms with Gasteiger partial charge in [0.15, 0.2) is 0 Å². The van der Waals surface area contributed by atoms with Gasteiger partial charge in [0.2, 0.25) is 0 Å². The summed E-state index contributed by atoms with van der Waals surface area (Å²) in [4.78, 5) is 21.2. The Hall–Kier alpha value is -4.19. The van der Waals surface area contributed by atoms with Gasteiger partial charge in [0.1, 0.15) is 11.5 Å². The van der Waals surface area contributed by atoms with Gasteiger partial charge in [-0.2, -0.15) is 0 Å². The predicted octanol–water partition coefficient (Wildman–Crippen LogP) is 5.74. The molecule has 1 N–H and O–H groups in total. The van der Waals surface area contributed by atoms with Crippen molar-refractivity contribution in [3.8, 4) is 28.6 Å². The van der Waals surface area contributed by atoms with Crippen molar-refractivity contribution in [3.05, 3.63) is 102 Å². The van der Waals surface area contributed by atoms with Gasteiger partial charge < -0.3 is 14.8 Å². The SMILES string of the molecule is COc1ccc(Oc2ncc(-c3ccc(C(=O)NC(C)c4ccc(C)cc4)cc3)cn2)cc1. The van der Waals surface area contributed by atoms with Gasteiger partial charge in [-0.15, -0.1) is 0 Å². The van der Waals surface area contributed by atoms with Crippen molar-refractivity contribution in [3.63, 3.8) is 0 Å². The summed E-state index contributed by atoms with van der Waals surface area (Å²) in [5.41, 5.74) is 4.60. The van der Waals surface area contributed by atoms with E-state index in [1.807, 2.05) is 62.4 Å². The number of nitrogens with one attached hydrogen (secondary N) is 1. The lowest BCUT2D eigenvalue weighted by molar-refractivity contribution is 0.0940. The average molecular weight is 440 g/mol. The molecule has 1 heterocycles. The first-order valence-corrected chi connectivity index (χ1v) is 10.6. The minimum atomic E-state index is -0.117. The maximum atomic E-state index is 12.6. The summed E-state index contributed by atoms with van der Waals surface area (Å²) >= 11 is 0. The minimum absolute atomic E-state index is 0.0792. The standard InChI is InChI=1S/C27H25N3O3/c1-18-4-6-20(7-5-18)19(2)30-26(31)22-10-8-21(9-11-22)23-16-28-27(29-17-23)33-25-14-12-24(32-3)13-15-25/h4-17,19H,1-3H3,(H,30,31). The summed E-state index contributed by atoms with van der Waals surface area (Å²) in [6.45, 7) is 4.02. The molecule has 0 spiro atoms. The van der Waals surface area contributed by atoms with Crippen molar-refractivity contribution in [2.75, 3.05) is 7.11 Å². The molecule has 6 heteroatoms. The van der Waals surface area contributed by atoms with E-state index >= 15 is 0 Å². The molecule has 0 radical (unpaired) electrons. The summed E-state index contributed by atoms with van der Waals surface area (Å²) in [5.74, 6) is 1.26. The molecule has 0 saturated carbocycles. The van der Waals surface area contributed by atoms with Gasteiger partial charge in [-0.1, -0.05) is 42.0 Å². The van der Waals surface area contributed by atoms with Crippen LogP contribution in [0.5, 0.6) is 17.5 Å². The zero-order chi connectivity index (χ0) is 23.2. The molecule has 1 aromatic heterocycles. The zero-order valence-electron chi connectivity index (χ0n) is 18.8. The van der Waals surface area contributed by atoms with Crippen LogP contribution in [0.15, 0.2) is 85.2 Å². The molecule has 1 amide bonds. The van der Waals surface area contributed by atoms with Crippen LogP contribution in [0, 0.1) is 6.92 Å². The van der Waals surface area contributed by atoms with Gasteiger partial charge in [-0.05, 0) is 61.4 Å². The molecule has 0 aliphatic carbocycles. The fourth-order valence-electron chi connectivity index (χ4n) is 3.30. The second-order valence-corrected chi connectivity index (χ2v) is 7.72. The number of hydrogen-bond donors (Lipinski definition) is 1. The fourth-order valence-corrected chi connectivity index (χ4v) is 3.30. The van der Waals surface area contributed by atoms with Crippen molar-refractivity contribution >= 4 is 5.91 Å². The molecule has 166 valence electrons. The number of nitrogens with zero attached hydrogens (tertiary/aromatic N) is 2. The highest BCUT2D eigenvalue weighted by Crippen LogP contribution is 2.24. The van der Waals surface area contributed by atoms with E-state index < -0.39 is 0 Å². The van der Waals surface area contributed by atoms with E-state index in [2.05, 4.69) is 15.3 Å². The van der Waals surface area contributed by atoms with Crippen LogP contribution in [-0.2, 0) is 0 Å². The van der Waals surface area contributed by atoms with E-state index in [1.54, 1.807) is 43.8 Å². The smallest absolute Gasteiger partial charge is 0.321 e. The molecule has 0 saturated heterocycles.